The first-order valence-corrected chi connectivity index (χ1v) is 12.0. The monoisotopic (exact) mass is 566 g/mol. The number of carbonyl (C=O) groups is 3. The SMILES string of the molecule is CCc1ccc(N2C(=O)NC(=O)/C(=C\c3ccc(Cc4ccccc4Br)c(Br)c3)C2=O)cc1. The number of halogens is 2. The third-order valence-electron chi connectivity index (χ3n) is 5.43. The number of benzene rings is 3. The molecule has 5 nitrogen and oxygen atoms in total. The van der Waals surface area contributed by atoms with E-state index in [9.17, 15) is 14.4 Å². The van der Waals surface area contributed by atoms with Gasteiger partial charge in [0.2, 0.25) is 0 Å². The number of hydrogen-bond donors (Lipinski definition) is 1. The predicted octanol–water partition coefficient (Wildman–Crippen LogP) is 6.03. The molecule has 3 aromatic rings. The van der Waals surface area contributed by atoms with Crippen LogP contribution in [-0.4, -0.2) is 17.8 Å². The van der Waals surface area contributed by atoms with Crippen LogP contribution in [0.1, 0.15) is 29.2 Å². The van der Waals surface area contributed by atoms with E-state index in [1.54, 1.807) is 12.1 Å². The number of nitrogens with one attached hydrogen (secondary N) is 1. The van der Waals surface area contributed by atoms with Crippen LogP contribution in [-0.2, 0) is 22.4 Å². The number of carbonyl (C=O) groups excluding carboxylic acids is 3. The minimum absolute atomic E-state index is 0.0976. The van der Waals surface area contributed by atoms with Crippen LogP contribution in [0.4, 0.5) is 10.5 Å². The van der Waals surface area contributed by atoms with Crippen LogP contribution in [0.5, 0.6) is 0 Å². The Balaban J connectivity index is 1.62. The molecule has 1 aliphatic rings. The number of hydrogen-bond acceptors (Lipinski definition) is 3. The van der Waals surface area contributed by atoms with Gasteiger partial charge in [-0.05, 0) is 65.4 Å². The second kappa shape index (κ2) is 9.85. The lowest BCUT2D eigenvalue weighted by Crippen LogP contribution is -2.54. The molecule has 0 aliphatic carbocycles. The molecule has 166 valence electrons. The topological polar surface area (TPSA) is 66.5 Å². The molecule has 4 amide bonds. The molecule has 7 heteroatoms. The van der Waals surface area contributed by atoms with Crippen LogP contribution in [0.25, 0.3) is 6.08 Å². The normalized spacial score (nSPS) is 15.2. The number of amides is 4. The quantitative estimate of drug-likeness (QED) is 0.302. The van der Waals surface area contributed by atoms with Crippen LogP contribution < -0.4 is 10.2 Å². The Bertz CT molecular complexity index is 1280. The molecule has 0 spiro atoms. The van der Waals surface area contributed by atoms with Crippen molar-refractivity contribution < 1.29 is 14.4 Å². The summed E-state index contributed by atoms with van der Waals surface area (Å²) in [7, 11) is 0. The zero-order chi connectivity index (χ0) is 23.5. The number of urea groups is 1. The highest BCUT2D eigenvalue weighted by molar-refractivity contribution is 9.10. The van der Waals surface area contributed by atoms with Crippen LogP contribution in [0, 0.1) is 0 Å². The van der Waals surface area contributed by atoms with Crippen LogP contribution in [0.3, 0.4) is 0 Å². The van der Waals surface area contributed by atoms with Gasteiger partial charge < -0.3 is 0 Å². The number of aryl methyl sites for hydroxylation is 1. The first-order valence-electron chi connectivity index (χ1n) is 10.4. The van der Waals surface area contributed by atoms with E-state index in [0.29, 0.717) is 17.7 Å². The highest BCUT2D eigenvalue weighted by Crippen LogP contribution is 2.27. The molecule has 1 saturated heterocycles. The number of anilines is 1. The molecule has 1 heterocycles. The summed E-state index contributed by atoms with van der Waals surface area (Å²) in [6.07, 6.45) is 3.06. The number of rotatable bonds is 5. The summed E-state index contributed by atoms with van der Waals surface area (Å²) >= 11 is 7.17. The Hall–Kier alpha value is -3.03. The van der Waals surface area contributed by atoms with Gasteiger partial charge in [0.05, 0.1) is 5.69 Å². The molecule has 1 aliphatic heterocycles. The lowest BCUT2D eigenvalue weighted by Gasteiger charge is -2.26. The van der Waals surface area contributed by atoms with E-state index < -0.39 is 17.8 Å². The van der Waals surface area contributed by atoms with Gasteiger partial charge in [0.25, 0.3) is 11.8 Å². The van der Waals surface area contributed by atoms with Crippen LogP contribution in [0.15, 0.2) is 81.2 Å². The van der Waals surface area contributed by atoms with Crippen LogP contribution >= 0.6 is 31.9 Å². The molecular formula is C26H20Br2N2O3. The first-order chi connectivity index (χ1) is 15.9. The molecule has 1 N–H and O–H groups in total. The zero-order valence-corrected chi connectivity index (χ0v) is 20.9. The maximum atomic E-state index is 13.1. The van der Waals surface area contributed by atoms with Gasteiger partial charge in [-0.3, -0.25) is 14.9 Å². The average molecular weight is 568 g/mol. The van der Waals surface area contributed by atoms with Crippen molar-refractivity contribution in [2.24, 2.45) is 0 Å². The highest BCUT2D eigenvalue weighted by Gasteiger charge is 2.36. The van der Waals surface area contributed by atoms with Crippen molar-refractivity contribution in [3.05, 3.63) is 104 Å². The third kappa shape index (κ3) is 4.99. The van der Waals surface area contributed by atoms with Crippen molar-refractivity contribution in [1.82, 2.24) is 5.32 Å². The predicted molar refractivity (Wildman–Crippen MR) is 136 cm³/mol. The van der Waals surface area contributed by atoms with Crippen molar-refractivity contribution in [3.63, 3.8) is 0 Å². The van der Waals surface area contributed by atoms with Gasteiger partial charge in [-0.15, -0.1) is 0 Å². The largest absolute Gasteiger partial charge is 0.335 e. The van der Waals surface area contributed by atoms with E-state index in [4.69, 9.17) is 0 Å². The van der Waals surface area contributed by atoms with Crippen LogP contribution in [0.2, 0.25) is 0 Å². The third-order valence-corrected chi connectivity index (χ3v) is 6.94. The van der Waals surface area contributed by atoms with Crippen molar-refractivity contribution in [2.45, 2.75) is 19.8 Å². The van der Waals surface area contributed by atoms with Crippen molar-refractivity contribution in [2.75, 3.05) is 4.90 Å². The molecule has 3 aromatic carbocycles. The minimum atomic E-state index is -0.753. The number of imide groups is 2. The molecule has 0 aromatic heterocycles. The molecule has 0 atom stereocenters. The fourth-order valence-electron chi connectivity index (χ4n) is 3.58. The number of nitrogens with zero attached hydrogens (tertiary/aromatic N) is 1. The van der Waals surface area contributed by atoms with Crippen molar-refractivity contribution in [3.8, 4) is 0 Å². The van der Waals surface area contributed by atoms with E-state index in [2.05, 4.69) is 43.2 Å². The van der Waals surface area contributed by atoms with E-state index >= 15 is 0 Å². The summed E-state index contributed by atoms with van der Waals surface area (Å²) in [5.74, 6) is -1.36. The fourth-order valence-corrected chi connectivity index (χ4v) is 4.54. The standard InChI is InChI=1S/C26H20Br2N2O3/c1-2-16-8-11-20(12-9-16)30-25(32)21(24(31)29-26(30)33)13-17-7-10-19(23(28)14-17)15-18-5-3-4-6-22(18)27/h3-14H,2,15H2,1H3,(H,29,31,33)/b21-13+. The van der Waals surface area contributed by atoms with Gasteiger partial charge in [-0.1, -0.05) is 81.2 Å². The molecule has 0 radical (unpaired) electrons. The van der Waals surface area contributed by atoms with Gasteiger partial charge >= 0.3 is 6.03 Å². The molecular weight excluding hydrogens is 548 g/mol. The smallest absolute Gasteiger partial charge is 0.273 e. The summed E-state index contributed by atoms with van der Waals surface area (Å²) in [6.45, 7) is 2.02. The number of barbiturate groups is 1. The lowest BCUT2D eigenvalue weighted by atomic mass is 10.0. The Morgan fingerprint density at radius 1 is 0.879 bits per heavy atom. The summed E-state index contributed by atoms with van der Waals surface area (Å²) in [4.78, 5) is 38.9. The second-order valence-electron chi connectivity index (χ2n) is 7.60. The fraction of sp³-hybridized carbons (Fsp3) is 0.115. The Labute approximate surface area is 208 Å². The van der Waals surface area contributed by atoms with Gasteiger partial charge in [0, 0.05) is 8.95 Å². The molecule has 4 rings (SSSR count). The molecule has 0 bridgehead atoms. The lowest BCUT2D eigenvalue weighted by molar-refractivity contribution is -0.122. The average Bonchev–Trinajstić information content (AvgIpc) is 2.80. The van der Waals surface area contributed by atoms with Gasteiger partial charge in [-0.25, -0.2) is 9.69 Å². The second-order valence-corrected chi connectivity index (χ2v) is 9.31. The minimum Gasteiger partial charge on any atom is -0.273 e. The first kappa shape index (κ1) is 23.1. The Kier molecular flexibility index (Phi) is 6.91. The Morgan fingerprint density at radius 3 is 2.24 bits per heavy atom. The molecule has 33 heavy (non-hydrogen) atoms. The molecule has 0 saturated carbocycles. The maximum Gasteiger partial charge on any atom is 0.335 e. The maximum absolute atomic E-state index is 13.1. The van der Waals surface area contributed by atoms with Crippen molar-refractivity contribution >= 4 is 61.5 Å². The summed E-state index contributed by atoms with van der Waals surface area (Å²) in [5.41, 5.74) is 4.29. The summed E-state index contributed by atoms with van der Waals surface area (Å²) in [6, 6.07) is 20.0. The van der Waals surface area contributed by atoms with E-state index in [1.165, 1.54) is 6.08 Å². The zero-order valence-electron chi connectivity index (χ0n) is 17.8. The summed E-state index contributed by atoms with van der Waals surface area (Å²) in [5, 5.41) is 2.26. The van der Waals surface area contributed by atoms with Crippen molar-refractivity contribution in [1.29, 1.82) is 0 Å². The van der Waals surface area contributed by atoms with E-state index in [0.717, 1.165) is 37.0 Å². The Morgan fingerprint density at radius 2 is 1.58 bits per heavy atom. The molecule has 0 unspecified atom stereocenters. The van der Waals surface area contributed by atoms with Gasteiger partial charge in [-0.2, -0.15) is 0 Å². The summed E-state index contributed by atoms with van der Waals surface area (Å²) < 4.78 is 1.89. The van der Waals surface area contributed by atoms with Gasteiger partial charge in [0.15, 0.2) is 0 Å². The van der Waals surface area contributed by atoms with E-state index in [1.807, 2.05) is 55.5 Å². The van der Waals surface area contributed by atoms with Gasteiger partial charge in [0.1, 0.15) is 5.57 Å². The molecule has 1 fully saturated rings. The van der Waals surface area contributed by atoms with E-state index in [-0.39, 0.29) is 5.57 Å². The highest BCUT2D eigenvalue weighted by atomic mass is 79.9.